The Morgan fingerprint density at radius 1 is 1.38 bits per heavy atom. The van der Waals surface area contributed by atoms with Crippen LogP contribution in [0, 0.1) is 0 Å². The highest BCUT2D eigenvalue weighted by molar-refractivity contribution is 5.99. The monoisotopic (exact) mass is 290 g/mol. The fourth-order valence-electron chi connectivity index (χ4n) is 2.65. The smallest absolute Gasteiger partial charge is 0.338 e. The molecule has 0 aromatic heterocycles. The van der Waals surface area contributed by atoms with Crippen LogP contribution in [0.3, 0.4) is 0 Å². The molecule has 1 aromatic rings. The summed E-state index contributed by atoms with van der Waals surface area (Å²) in [6, 6.07) is 6.84. The molecule has 21 heavy (non-hydrogen) atoms. The zero-order valence-electron chi connectivity index (χ0n) is 12.6. The van der Waals surface area contributed by atoms with E-state index in [1.54, 1.807) is 31.2 Å². The van der Waals surface area contributed by atoms with Crippen LogP contribution in [0.1, 0.15) is 43.5 Å². The van der Waals surface area contributed by atoms with Crippen LogP contribution in [-0.2, 0) is 9.53 Å². The molecule has 1 aliphatic heterocycles. The van der Waals surface area contributed by atoms with Crippen molar-refractivity contribution in [3.8, 4) is 0 Å². The van der Waals surface area contributed by atoms with E-state index in [0.29, 0.717) is 17.9 Å². The summed E-state index contributed by atoms with van der Waals surface area (Å²) in [6.45, 7) is 4.97. The van der Waals surface area contributed by atoms with Crippen molar-refractivity contribution < 1.29 is 14.3 Å². The SMILES string of the molecule is CCOC(=O)c1cccc(NC(=O)C2(CC)CCCN2)c1. The molecule has 1 aromatic carbocycles. The summed E-state index contributed by atoms with van der Waals surface area (Å²) >= 11 is 0. The number of hydrogen-bond acceptors (Lipinski definition) is 4. The molecule has 0 spiro atoms. The average molecular weight is 290 g/mol. The van der Waals surface area contributed by atoms with Crippen molar-refractivity contribution in [2.45, 2.75) is 38.6 Å². The number of esters is 1. The minimum absolute atomic E-state index is 0.0384. The first-order valence-corrected chi connectivity index (χ1v) is 7.45. The molecule has 1 amide bonds. The van der Waals surface area contributed by atoms with Gasteiger partial charge >= 0.3 is 5.97 Å². The normalized spacial score (nSPS) is 21.0. The molecule has 1 fully saturated rings. The lowest BCUT2D eigenvalue weighted by Gasteiger charge is -2.26. The number of nitrogens with one attached hydrogen (secondary N) is 2. The number of ether oxygens (including phenoxy) is 1. The van der Waals surface area contributed by atoms with Crippen LogP contribution in [0.4, 0.5) is 5.69 Å². The maximum absolute atomic E-state index is 12.5. The summed E-state index contributed by atoms with van der Waals surface area (Å²) in [5.41, 5.74) is 0.576. The second kappa shape index (κ2) is 6.72. The lowest BCUT2D eigenvalue weighted by Crippen LogP contribution is -2.50. The summed E-state index contributed by atoms with van der Waals surface area (Å²) in [7, 11) is 0. The standard InChI is InChI=1S/C16H22N2O3/c1-3-16(9-6-10-17-16)15(20)18-13-8-5-7-12(11-13)14(19)21-4-2/h5,7-8,11,17H,3-4,6,9-10H2,1-2H3,(H,18,20). The van der Waals surface area contributed by atoms with Crippen LogP contribution in [0.2, 0.25) is 0 Å². The Bertz CT molecular complexity index is 522. The van der Waals surface area contributed by atoms with Gasteiger partial charge in [0.15, 0.2) is 0 Å². The fraction of sp³-hybridized carbons (Fsp3) is 0.500. The van der Waals surface area contributed by atoms with E-state index < -0.39 is 5.54 Å². The number of rotatable bonds is 5. The Labute approximate surface area is 125 Å². The lowest BCUT2D eigenvalue weighted by molar-refractivity contribution is -0.122. The van der Waals surface area contributed by atoms with E-state index >= 15 is 0 Å². The van der Waals surface area contributed by atoms with Crippen LogP contribution in [0.15, 0.2) is 24.3 Å². The van der Waals surface area contributed by atoms with E-state index in [9.17, 15) is 9.59 Å². The van der Waals surface area contributed by atoms with Crippen LogP contribution in [0.5, 0.6) is 0 Å². The van der Waals surface area contributed by atoms with Gasteiger partial charge in [0.05, 0.1) is 17.7 Å². The fourth-order valence-corrected chi connectivity index (χ4v) is 2.65. The van der Waals surface area contributed by atoms with Gasteiger partial charge in [0.1, 0.15) is 0 Å². The summed E-state index contributed by atoms with van der Waals surface area (Å²) < 4.78 is 4.96. The van der Waals surface area contributed by atoms with E-state index in [0.717, 1.165) is 25.8 Å². The molecule has 2 N–H and O–H groups in total. The van der Waals surface area contributed by atoms with Crippen LogP contribution in [0.25, 0.3) is 0 Å². The number of carbonyl (C=O) groups excluding carboxylic acids is 2. The molecule has 0 radical (unpaired) electrons. The summed E-state index contributed by atoms with van der Waals surface area (Å²) in [5.74, 6) is -0.415. The van der Waals surface area contributed by atoms with E-state index in [1.165, 1.54) is 0 Å². The first-order chi connectivity index (χ1) is 10.1. The van der Waals surface area contributed by atoms with Gasteiger partial charge in [0.25, 0.3) is 0 Å². The number of carbonyl (C=O) groups is 2. The number of anilines is 1. The quantitative estimate of drug-likeness (QED) is 0.817. The Hall–Kier alpha value is -1.88. The highest BCUT2D eigenvalue weighted by Gasteiger charge is 2.39. The van der Waals surface area contributed by atoms with Crippen LogP contribution < -0.4 is 10.6 Å². The van der Waals surface area contributed by atoms with Gasteiger partial charge in [-0.2, -0.15) is 0 Å². The molecule has 0 saturated carbocycles. The van der Waals surface area contributed by atoms with Crippen molar-refractivity contribution in [2.75, 3.05) is 18.5 Å². The molecule has 1 heterocycles. The second-order valence-corrected chi connectivity index (χ2v) is 5.22. The maximum atomic E-state index is 12.5. The van der Waals surface area contributed by atoms with Crippen LogP contribution >= 0.6 is 0 Å². The first-order valence-electron chi connectivity index (χ1n) is 7.45. The second-order valence-electron chi connectivity index (χ2n) is 5.22. The van der Waals surface area contributed by atoms with Gasteiger partial charge in [-0.05, 0) is 50.9 Å². The van der Waals surface area contributed by atoms with Gasteiger partial charge in [-0.1, -0.05) is 13.0 Å². The Kier molecular flexibility index (Phi) is 4.96. The van der Waals surface area contributed by atoms with Gasteiger partial charge in [-0.15, -0.1) is 0 Å². The van der Waals surface area contributed by atoms with Gasteiger partial charge in [0.2, 0.25) is 5.91 Å². The molecule has 1 unspecified atom stereocenters. The van der Waals surface area contributed by atoms with E-state index in [1.807, 2.05) is 6.92 Å². The Morgan fingerprint density at radius 2 is 2.19 bits per heavy atom. The molecular formula is C16H22N2O3. The highest BCUT2D eigenvalue weighted by Crippen LogP contribution is 2.25. The van der Waals surface area contributed by atoms with Crippen molar-refractivity contribution in [3.05, 3.63) is 29.8 Å². The predicted octanol–water partition coefficient (Wildman–Crippen LogP) is 2.33. The van der Waals surface area contributed by atoms with Crippen molar-refractivity contribution in [1.82, 2.24) is 5.32 Å². The number of benzene rings is 1. The Morgan fingerprint density at radius 3 is 2.81 bits per heavy atom. The largest absolute Gasteiger partial charge is 0.462 e. The van der Waals surface area contributed by atoms with Crippen LogP contribution in [-0.4, -0.2) is 30.6 Å². The molecular weight excluding hydrogens is 268 g/mol. The third-order valence-electron chi connectivity index (χ3n) is 3.91. The molecule has 0 aliphatic carbocycles. The maximum Gasteiger partial charge on any atom is 0.338 e. The molecule has 0 bridgehead atoms. The summed E-state index contributed by atoms with van der Waals surface area (Å²) in [6.07, 6.45) is 2.59. The molecule has 1 aliphatic rings. The van der Waals surface area contributed by atoms with Gasteiger partial charge in [-0.25, -0.2) is 4.79 Å². The first kappa shape index (κ1) is 15.5. The topological polar surface area (TPSA) is 67.4 Å². The summed E-state index contributed by atoms with van der Waals surface area (Å²) in [4.78, 5) is 24.2. The molecule has 2 rings (SSSR count). The number of hydrogen-bond donors (Lipinski definition) is 2. The molecule has 114 valence electrons. The predicted molar refractivity (Wildman–Crippen MR) is 81.3 cm³/mol. The van der Waals surface area contributed by atoms with Crippen molar-refractivity contribution >= 4 is 17.6 Å². The minimum atomic E-state index is -0.486. The van der Waals surface area contributed by atoms with Crippen molar-refractivity contribution in [2.24, 2.45) is 0 Å². The van der Waals surface area contributed by atoms with Gasteiger partial charge in [0, 0.05) is 5.69 Å². The van der Waals surface area contributed by atoms with E-state index in [-0.39, 0.29) is 11.9 Å². The third kappa shape index (κ3) is 3.42. The summed E-state index contributed by atoms with van der Waals surface area (Å²) in [5, 5.41) is 6.20. The van der Waals surface area contributed by atoms with Gasteiger partial charge < -0.3 is 15.4 Å². The average Bonchev–Trinajstić information content (AvgIpc) is 2.98. The van der Waals surface area contributed by atoms with Gasteiger partial charge in [-0.3, -0.25) is 4.79 Å². The Balaban J connectivity index is 2.10. The molecule has 1 saturated heterocycles. The zero-order chi connectivity index (χ0) is 15.3. The molecule has 5 nitrogen and oxygen atoms in total. The zero-order valence-corrected chi connectivity index (χ0v) is 12.6. The number of amides is 1. The van der Waals surface area contributed by atoms with E-state index in [4.69, 9.17) is 4.74 Å². The van der Waals surface area contributed by atoms with E-state index in [2.05, 4.69) is 10.6 Å². The molecule has 5 heteroatoms. The van der Waals surface area contributed by atoms with Crippen molar-refractivity contribution in [3.63, 3.8) is 0 Å². The third-order valence-corrected chi connectivity index (χ3v) is 3.91. The van der Waals surface area contributed by atoms with Crippen molar-refractivity contribution in [1.29, 1.82) is 0 Å². The molecule has 1 atom stereocenters. The minimum Gasteiger partial charge on any atom is -0.462 e. The lowest BCUT2D eigenvalue weighted by atomic mass is 9.93. The highest BCUT2D eigenvalue weighted by atomic mass is 16.5.